The van der Waals surface area contributed by atoms with Crippen LogP contribution in [0.2, 0.25) is 0 Å². The highest BCUT2D eigenvalue weighted by Crippen LogP contribution is 2.41. The standard InChI is InChI=1S/C35H29BrN4/c36-30-21-28(20-29(22-30)27-10-7-18-37-23-27)24-13-15-26(16-14-24)34-39-33-32(25-8-3-1-4-9-25)17-19-38-35(33)40(34)31-11-5-2-6-12-31/h1-17,20-23,34,37-39H,18-19H2. The number of allylic oxidation sites excluding steroid dienone is 3. The van der Waals surface area contributed by atoms with Gasteiger partial charge in [0.25, 0.3) is 0 Å². The van der Waals surface area contributed by atoms with Crippen molar-refractivity contribution in [3.05, 3.63) is 160 Å². The maximum Gasteiger partial charge on any atom is 0.133 e. The minimum absolute atomic E-state index is 0.0409. The molecule has 0 aromatic heterocycles. The van der Waals surface area contributed by atoms with E-state index in [-0.39, 0.29) is 6.17 Å². The maximum atomic E-state index is 3.87. The molecule has 4 aromatic rings. The smallest absolute Gasteiger partial charge is 0.133 e. The average molecular weight is 586 g/mol. The molecule has 0 spiro atoms. The van der Waals surface area contributed by atoms with Crippen molar-refractivity contribution in [1.29, 1.82) is 0 Å². The molecule has 1 atom stereocenters. The first-order valence-electron chi connectivity index (χ1n) is 13.6. The van der Waals surface area contributed by atoms with Crippen LogP contribution in [-0.4, -0.2) is 13.1 Å². The van der Waals surface area contributed by atoms with Crippen molar-refractivity contribution < 1.29 is 0 Å². The Balaban J connectivity index is 1.24. The molecule has 0 saturated heterocycles. The molecule has 3 N–H and O–H groups in total. The van der Waals surface area contributed by atoms with E-state index in [9.17, 15) is 0 Å². The second-order valence-electron chi connectivity index (χ2n) is 10.1. The lowest BCUT2D eigenvalue weighted by Crippen LogP contribution is -2.33. The van der Waals surface area contributed by atoms with Gasteiger partial charge in [0, 0.05) is 35.0 Å². The molecule has 0 aliphatic carbocycles. The molecule has 5 heteroatoms. The van der Waals surface area contributed by atoms with Crippen LogP contribution >= 0.6 is 15.9 Å². The van der Waals surface area contributed by atoms with Gasteiger partial charge in [-0.3, -0.25) is 0 Å². The number of rotatable bonds is 5. The molecule has 0 bridgehead atoms. The Bertz CT molecular complexity index is 1670. The lowest BCUT2D eigenvalue weighted by atomic mass is 9.97. The molecular weight excluding hydrogens is 556 g/mol. The van der Waals surface area contributed by atoms with E-state index < -0.39 is 0 Å². The molecule has 4 nitrogen and oxygen atoms in total. The third kappa shape index (κ3) is 4.63. The minimum atomic E-state index is -0.0409. The van der Waals surface area contributed by atoms with Gasteiger partial charge in [0.1, 0.15) is 12.0 Å². The molecule has 7 rings (SSSR count). The van der Waals surface area contributed by atoms with Crippen molar-refractivity contribution in [2.75, 3.05) is 18.0 Å². The Morgan fingerprint density at radius 3 is 2.23 bits per heavy atom. The second-order valence-corrected chi connectivity index (χ2v) is 11.0. The maximum absolute atomic E-state index is 3.87. The quantitative estimate of drug-likeness (QED) is 0.226. The SMILES string of the molecule is Brc1cc(C2=CNCC=C2)cc(-c2ccc(C3NC4=C(NCC=C4c4ccccc4)N3c3ccccc3)cc2)c1. The van der Waals surface area contributed by atoms with Gasteiger partial charge in [-0.05, 0) is 63.7 Å². The Morgan fingerprint density at radius 2 is 1.48 bits per heavy atom. The molecule has 4 aromatic carbocycles. The van der Waals surface area contributed by atoms with Gasteiger partial charge >= 0.3 is 0 Å². The van der Waals surface area contributed by atoms with Crippen molar-refractivity contribution in [2.24, 2.45) is 0 Å². The van der Waals surface area contributed by atoms with E-state index in [0.29, 0.717) is 0 Å². The first kappa shape index (κ1) is 24.6. The number of nitrogens with one attached hydrogen (secondary N) is 3. The van der Waals surface area contributed by atoms with E-state index in [0.717, 1.165) is 34.8 Å². The molecule has 3 aliphatic rings. The topological polar surface area (TPSA) is 39.3 Å². The van der Waals surface area contributed by atoms with Crippen LogP contribution in [0.4, 0.5) is 5.69 Å². The number of hydrogen-bond acceptors (Lipinski definition) is 4. The molecule has 0 fully saturated rings. The van der Waals surface area contributed by atoms with E-state index in [1.807, 2.05) is 0 Å². The first-order valence-corrected chi connectivity index (χ1v) is 14.4. The van der Waals surface area contributed by atoms with Gasteiger partial charge in [-0.1, -0.05) is 107 Å². The Labute approximate surface area is 243 Å². The molecular formula is C35H29BrN4. The lowest BCUT2D eigenvalue weighted by molar-refractivity contribution is 0.642. The zero-order chi connectivity index (χ0) is 26.9. The zero-order valence-corrected chi connectivity index (χ0v) is 23.5. The van der Waals surface area contributed by atoms with Crippen LogP contribution in [0.25, 0.3) is 22.3 Å². The summed E-state index contributed by atoms with van der Waals surface area (Å²) >= 11 is 3.73. The van der Waals surface area contributed by atoms with E-state index in [1.54, 1.807) is 0 Å². The van der Waals surface area contributed by atoms with E-state index in [4.69, 9.17) is 0 Å². The van der Waals surface area contributed by atoms with Crippen LogP contribution in [-0.2, 0) is 0 Å². The summed E-state index contributed by atoms with van der Waals surface area (Å²) in [5, 5.41) is 10.8. The molecule has 3 heterocycles. The van der Waals surface area contributed by atoms with Crippen molar-refractivity contribution in [3.63, 3.8) is 0 Å². The fourth-order valence-electron chi connectivity index (χ4n) is 5.66. The van der Waals surface area contributed by atoms with Crippen LogP contribution in [0, 0.1) is 0 Å². The molecule has 196 valence electrons. The largest absolute Gasteiger partial charge is 0.387 e. The molecule has 1 unspecified atom stereocenters. The van der Waals surface area contributed by atoms with Crippen LogP contribution in [0.1, 0.15) is 22.9 Å². The number of hydrogen-bond donors (Lipinski definition) is 3. The first-order chi connectivity index (χ1) is 19.7. The summed E-state index contributed by atoms with van der Waals surface area (Å²) in [6.07, 6.45) is 8.64. The van der Waals surface area contributed by atoms with Crippen LogP contribution < -0.4 is 20.9 Å². The predicted molar refractivity (Wildman–Crippen MR) is 169 cm³/mol. The summed E-state index contributed by atoms with van der Waals surface area (Å²) in [5.74, 6) is 1.11. The number of benzene rings is 4. The van der Waals surface area contributed by atoms with Crippen LogP contribution in [0.15, 0.2) is 144 Å². The highest BCUT2D eigenvalue weighted by molar-refractivity contribution is 9.10. The number of anilines is 1. The van der Waals surface area contributed by atoms with Gasteiger partial charge in [-0.15, -0.1) is 0 Å². The van der Waals surface area contributed by atoms with E-state index >= 15 is 0 Å². The molecule has 0 saturated carbocycles. The fourth-order valence-corrected chi connectivity index (χ4v) is 6.15. The van der Waals surface area contributed by atoms with Crippen molar-refractivity contribution in [3.8, 4) is 11.1 Å². The summed E-state index contributed by atoms with van der Waals surface area (Å²) in [6, 6.07) is 36.8. The van der Waals surface area contributed by atoms with Gasteiger partial charge in [0.05, 0.1) is 5.70 Å². The predicted octanol–water partition coefficient (Wildman–Crippen LogP) is 7.58. The zero-order valence-electron chi connectivity index (χ0n) is 21.9. The fraction of sp³-hybridized carbons (Fsp3) is 0.0857. The Kier molecular flexibility index (Phi) is 6.50. The summed E-state index contributed by atoms with van der Waals surface area (Å²) in [6.45, 7) is 1.66. The summed E-state index contributed by atoms with van der Waals surface area (Å²) < 4.78 is 1.07. The Hall–Kier alpha value is -4.48. The van der Waals surface area contributed by atoms with E-state index in [1.165, 1.54) is 39.0 Å². The highest BCUT2D eigenvalue weighted by Gasteiger charge is 2.36. The van der Waals surface area contributed by atoms with Crippen molar-refractivity contribution in [2.45, 2.75) is 6.17 Å². The normalized spacial score (nSPS) is 17.8. The molecule has 0 amide bonds. The third-order valence-electron chi connectivity index (χ3n) is 7.56. The van der Waals surface area contributed by atoms with Crippen LogP contribution in [0.5, 0.6) is 0 Å². The number of dihydropyridines is 2. The highest BCUT2D eigenvalue weighted by atomic mass is 79.9. The third-order valence-corrected chi connectivity index (χ3v) is 8.02. The number of para-hydroxylation sites is 1. The molecule has 3 aliphatic heterocycles. The summed E-state index contributed by atoms with van der Waals surface area (Å²) in [5.41, 5.74) is 10.7. The lowest BCUT2D eigenvalue weighted by Gasteiger charge is -2.30. The Morgan fingerprint density at radius 1 is 0.725 bits per heavy atom. The monoisotopic (exact) mass is 584 g/mol. The van der Waals surface area contributed by atoms with E-state index in [2.05, 4.69) is 164 Å². The molecule has 40 heavy (non-hydrogen) atoms. The molecule has 0 radical (unpaired) electrons. The second kappa shape index (κ2) is 10.6. The van der Waals surface area contributed by atoms with Gasteiger partial charge in [-0.2, -0.15) is 0 Å². The van der Waals surface area contributed by atoms with Crippen molar-refractivity contribution >= 4 is 32.8 Å². The minimum Gasteiger partial charge on any atom is -0.387 e. The average Bonchev–Trinajstić information content (AvgIpc) is 3.42. The van der Waals surface area contributed by atoms with Crippen molar-refractivity contribution in [1.82, 2.24) is 16.0 Å². The van der Waals surface area contributed by atoms with Gasteiger partial charge in [0.15, 0.2) is 0 Å². The van der Waals surface area contributed by atoms with Crippen LogP contribution in [0.3, 0.4) is 0 Å². The summed E-state index contributed by atoms with van der Waals surface area (Å²) in [4.78, 5) is 2.38. The number of nitrogens with zero attached hydrogens (tertiary/aromatic N) is 1. The number of halogens is 1. The van der Waals surface area contributed by atoms with Gasteiger partial charge < -0.3 is 20.9 Å². The van der Waals surface area contributed by atoms with Gasteiger partial charge in [0.2, 0.25) is 0 Å². The van der Waals surface area contributed by atoms with Gasteiger partial charge in [-0.25, -0.2) is 0 Å². The summed E-state index contributed by atoms with van der Waals surface area (Å²) in [7, 11) is 0.